The molecule has 0 aliphatic carbocycles. The Morgan fingerprint density at radius 1 is 0.356 bits per heavy atom. The maximum absolute atomic E-state index is 2.56. The Morgan fingerprint density at radius 2 is 0.667 bits per heavy atom. The molecule has 6 aromatic carbocycles. The lowest BCUT2D eigenvalue weighted by Gasteiger charge is -2.23. The normalized spacial score (nSPS) is 10.7. The van der Waals surface area contributed by atoms with Crippen molar-refractivity contribution >= 4 is 0 Å². The van der Waals surface area contributed by atoms with Crippen molar-refractivity contribution in [3.05, 3.63) is 187 Å². The zero-order valence-corrected chi connectivity index (χ0v) is 26.9. The van der Waals surface area contributed by atoms with Gasteiger partial charge in [-0.15, -0.1) is 0 Å². The van der Waals surface area contributed by atoms with Gasteiger partial charge in [0.25, 0.3) is 0 Å². The molecule has 7 aromatic rings. The van der Waals surface area contributed by atoms with Crippen LogP contribution in [0.3, 0.4) is 0 Å². The van der Waals surface area contributed by atoms with E-state index in [-0.39, 0.29) is 17.0 Å². The molecule has 0 bridgehead atoms. The van der Waals surface area contributed by atoms with E-state index in [0.29, 0.717) is 0 Å². The predicted molar refractivity (Wildman–Crippen MR) is 184 cm³/mol. The van der Waals surface area contributed by atoms with Crippen LogP contribution in [0.4, 0.5) is 0 Å². The number of halogens is 1. The highest BCUT2D eigenvalue weighted by Gasteiger charge is 2.34. The standard InChI is InChI=1S/C43H34N.BrH/c1-32-27-29-33(30-28-32)31-44-42(37-23-13-5-14-24-37)40(35-19-9-3-10-20-35)39(34-17-7-2-8-18-34)41(36-21-11-4-12-22-36)43(44)38-25-15-6-16-26-38;/h2-30H,31H2,1H3;1H/q+1;/p-1. The van der Waals surface area contributed by atoms with Crippen LogP contribution < -0.4 is 21.5 Å². The predicted octanol–water partition coefficient (Wildman–Crippen LogP) is 7.67. The quantitative estimate of drug-likeness (QED) is 0.157. The number of aryl methyl sites for hydroxylation is 1. The van der Waals surface area contributed by atoms with Crippen molar-refractivity contribution in [2.24, 2.45) is 0 Å². The minimum Gasteiger partial charge on any atom is -1.00 e. The molecule has 0 N–H and O–H groups in total. The third-order valence-electron chi connectivity index (χ3n) is 8.26. The van der Waals surface area contributed by atoms with Gasteiger partial charge in [0.05, 0.1) is 11.1 Å². The van der Waals surface area contributed by atoms with E-state index in [1.165, 1.54) is 67.0 Å². The minimum absolute atomic E-state index is 0. The average molecular weight is 645 g/mol. The van der Waals surface area contributed by atoms with Gasteiger partial charge in [-0.2, -0.15) is 4.57 Å². The fourth-order valence-corrected chi connectivity index (χ4v) is 6.24. The van der Waals surface area contributed by atoms with E-state index in [1.54, 1.807) is 0 Å². The van der Waals surface area contributed by atoms with Crippen LogP contribution in [-0.4, -0.2) is 0 Å². The van der Waals surface area contributed by atoms with Crippen molar-refractivity contribution in [3.63, 3.8) is 0 Å². The summed E-state index contributed by atoms with van der Waals surface area (Å²) in [4.78, 5) is 0. The van der Waals surface area contributed by atoms with Gasteiger partial charge in [-0.3, -0.25) is 0 Å². The lowest BCUT2D eigenvalue weighted by molar-refractivity contribution is -0.665. The molecule has 0 radical (unpaired) electrons. The summed E-state index contributed by atoms with van der Waals surface area (Å²) in [7, 11) is 0. The van der Waals surface area contributed by atoms with Crippen molar-refractivity contribution in [2.75, 3.05) is 0 Å². The van der Waals surface area contributed by atoms with Crippen molar-refractivity contribution < 1.29 is 21.5 Å². The van der Waals surface area contributed by atoms with Crippen molar-refractivity contribution in [3.8, 4) is 55.9 Å². The fourth-order valence-electron chi connectivity index (χ4n) is 6.24. The first-order valence-electron chi connectivity index (χ1n) is 15.2. The lowest BCUT2D eigenvalue weighted by atomic mass is 9.82. The molecule has 7 rings (SSSR count). The molecule has 0 spiro atoms. The molecule has 1 nitrogen and oxygen atoms in total. The summed E-state index contributed by atoms with van der Waals surface area (Å²) in [5.41, 5.74) is 14.6. The molecule has 0 amide bonds. The van der Waals surface area contributed by atoms with E-state index in [1.807, 2.05) is 0 Å². The van der Waals surface area contributed by atoms with Crippen LogP contribution in [0.15, 0.2) is 176 Å². The fraction of sp³-hybridized carbons (Fsp3) is 0.0465. The summed E-state index contributed by atoms with van der Waals surface area (Å²) in [6, 6.07) is 63.5. The number of nitrogens with zero attached hydrogens (tertiary/aromatic N) is 1. The van der Waals surface area contributed by atoms with Gasteiger partial charge in [-0.25, -0.2) is 0 Å². The van der Waals surface area contributed by atoms with Gasteiger partial charge in [0.2, 0.25) is 11.4 Å². The number of rotatable bonds is 7. The van der Waals surface area contributed by atoms with Crippen LogP contribution >= 0.6 is 0 Å². The molecule has 0 unspecified atom stereocenters. The van der Waals surface area contributed by atoms with Gasteiger partial charge in [0.1, 0.15) is 0 Å². The monoisotopic (exact) mass is 643 g/mol. The minimum atomic E-state index is 0. The summed E-state index contributed by atoms with van der Waals surface area (Å²) in [5, 5.41) is 0. The summed E-state index contributed by atoms with van der Waals surface area (Å²) in [5.74, 6) is 0. The maximum Gasteiger partial charge on any atom is 0.221 e. The summed E-state index contributed by atoms with van der Waals surface area (Å²) in [6.45, 7) is 2.88. The second-order valence-electron chi connectivity index (χ2n) is 11.2. The van der Waals surface area contributed by atoms with E-state index < -0.39 is 0 Å². The summed E-state index contributed by atoms with van der Waals surface area (Å²) >= 11 is 0. The Hall–Kier alpha value is -5.05. The summed E-state index contributed by atoms with van der Waals surface area (Å²) in [6.07, 6.45) is 0. The van der Waals surface area contributed by atoms with Crippen LogP contribution in [-0.2, 0) is 6.54 Å². The van der Waals surface area contributed by atoms with Gasteiger partial charge < -0.3 is 17.0 Å². The Morgan fingerprint density at radius 3 is 1.02 bits per heavy atom. The molecule has 0 atom stereocenters. The second kappa shape index (κ2) is 13.7. The SMILES string of the molecule is Cc1ccc(C[n+]2c(-c3ccccc3)c(-c3ccccc3)c(-c3ccccc3)c(-c3ccccc3)c2-c2ccccc2)cc1.[Br-]. The first-order valence-corrected chi connectivity index (χ1v) is 15.2. The highest BCUT2D eigenvalue weighted by Crippen LogP contribution is 2.47. The molecule has 0 fully saturated rings. The zero-order valence-electron chi connectivity index (χ0n) is 25.3. The molecule has 0 aliphatic rings. The van der Waals surface area contributed by atoms with Crippen LogP contribution in [0, 0.1) is 6.92 Å². The highest BCUT2D eigenvalue weighted by molar-refractivity contribution is 6.03. The van der Waals surface area contributed by atoms with Gasteiger partial charge in [-0.05, 0) is 47.9 Å². The molecular formula is C43H34BrN. The topological polar surface area (TPSA) is 3.88 Å². The van der Waals surface area contributed by atoms with Crippen LogP contribution in [0.25, 0.3) is 55.9 Å². The van der Waals surface area contributed by atoms with Crippen LogP contribution in [0.5, 0.6) is 0 Å². The third kappa shape index (κ3) is 6.16. The summed E-state index contributed by atoms with van der Waals surface area (Å²) < 4.78 is 2.56. The van der Waals surface area contributed by atoms with Gasteiger partial charge in [-0.1, -0.05) is 157 Å². The molecule has 1 heterocycles. The van der Waals surface area contributed by atoms with E-state index in [4.69, 9.17) is 0 Å². The zero-order chi connectivity index (χ0) is 29.7. The van der Waals surface area contributed by atoms with Crippen LogP contribution in [0.2, 0.25) is 0 Å². The smallest absolute Gasteiger partial charge is 0.221 e. The molecule has 0 saturated heterocycles. The molecule has 218 valence electrons. The van der Waals surface area contributed by atoms with Gasteiger partial charge in [0, 0.05) is 22.3 Å². The number of hydrogen-bond acceptors (Lipinski definition) is 0. The first kappa shape index (κ1) is 30.0. The third-order valence-corrected chi connectivity index (χ3v) is 8.26. The Labute approximate surface area is 276 Å². The van der Waals surface area contributed by atoms with Gasteiger partial charge >= 0.3 is 0 Å². The second-order valence-corrected chi connectivity index (χ2v) is 11.2. The Balaban J connectivity index is 0.00000357. The average Bonchev–Trinajstić information content (AvgIpc) is 3.10. The Bertz CT molecular complexity index is 1880. The number of pyridine rings is 1. The molecule has 45 heavy (non-hydrogen) atoms. The molecule has 2 heteroatoms. The van der Waals surface area contributed by atoms with E-state index >= 15 is 0 Å². The number of hydrogen-bond donors (Lipinski definition) is 0. The van der Waals surface area contributed by atoms with Gasteiger partial charge in [0.15, 0.2) is 6.54 Å². The lowest BCUT2D eigenvalue weighted by Crippen LogP contribution is -3.00. The number of aromatic nitrogens is 1. The van der Waals surface area contributed by atoms with E-state index in [0.717, 1.165) is 6.54 Å². The molecule has 0 aliphatic heterocycles. The van der Waals surface area contributed by atoms with Crippen LogP contribution in [0.1, 0.15) is 11.1 Å². The largest absolute Gasteiger partial charge is 1.00 e. The molecular weight excluding hydrogens is 610 g/mol. The first-order chi connectivity index (χ1) is 21.8. The van der Waals surface area contributed by atoms with E-state index in [2.05, 4.69) is 187 Å². The molecule has 0 saturated carbocycles. The highest BCUT2D eigenvalue weighted by atomic mass is 79.9. The Kier molecular flexibility index (Phi) is 9.14. The van der Waals surface area contributed by atoms with E-state index in [9.17, 15) is 0 Å². The maximum atomic E-state index is 2.56. The molecule has 1 aromatic heterocycles. The van der Waals surface area contributed by atoms with Crippen molar-refractivity contribution in [1.29, 1.82) is 0 Å². The van der Waals surface area contributed by atoms with Crippen molar-refractivity contribution in [1.82, 2.24) is 0 Å². The number of benzene rings is 6. The van der Waals surface area contributed by atoms with Crippen molar-refractivity contribution in [2.45, 2.75) is 13.5 Å².